The quantitative estimate of drug-likeness (QED) is 0.645. The van der Waals surface area contributed by atoms with Crippen LogP contribution in [0.5, 0.6) is 5.75 Å². The number of hydrogen-bond donors (Lipinski definition) is 0. The van der Waals surface area contributed by atoms with E-state index in [2.05, 4.69) is 10.8 Å². The van der Waals surface area contributed by atoms with Crippen molar-refractivity contribution in [2.45, 2.75) is 0 Å². The minimum atomic E-state index is -0.375. The summed E-state index contributed by atoms with van der Waals surface area (Å²) in [4.78, 5) is 0. The molecule has 0 bridgehead atoms. The van der Waals surface area contributed by atoms with E-state index in [4.69, 9.17) is 0 Å². The van der Waals surface area contributed by atoms with E-state index in [1.165, 1.54) is 13.2 Å². The number of methoxy groups -OCH3 is 1. The largest absolute Gasteiger partial charge is 0.520 e. The summed E-state index contributed by atoms with van der Waals surface area (Å²) < 4.78 is 17.0. The van der Waals surface area contributed by atoms with Gasteiger partial charge in [0.15, 0.2) is 0 Å². The van der Waals surface area contributed by atoms with Gasteiger partial charge in [0.25, 0.3) is 0 Å². The van der Waals surface area contributed by atoms with E-state index >= 15 is 0 Å². The molecule has 1 radical (unpaired) electrons. The zero-order chi connectivity index (χ0) is 6.69. The molecule has 0 N–H and O–H groups in total. The average molecular weight is 214 g/mol. The molecule has 0 aromatic heterocycles. The molecule has 0 aliphatic carbocycles. The molecule has 1 nitrogen and oxygen atoms in total. The fraction of sp³-hybridized carbons (Fsp3) is 0.143. The molecule has 10 heavy (non-hydrogen) atoms. The first-order valence-corrected chi connectivity index (χ1v) is 2.55. The van der Waals surface area contributed by atoms with E-state index in [1.807, 2.05) is 0 Å². The maximum atomic E-state index is 12.4. The van der Waals surface area contributed by atoms with Crippen LogP contribution in [0.1, 0.15) is 0 Å². The molecule has 51 valence electrons. The van der Waals surface area contributed by atoms with Crippen LogP contribution < -0.4 is 4.74 Å². The van der Waals surface area contributed by atoms with E-state index in [0.29, 0.717) is 0 Å². The number of hydrogen-bond acceptors (Lipinski definition) is 1. The molecule has 0 amide bonds. The third-order valence-corrected chi connectivity index (χ3v) is 0.974. The van der Waals surface area contributed by atoms with E-state index in [0.717, 1.165) is 0 Å². The van der Waals surface area contributed by atoms with E-state index in [9.17, 15) is 4.39 Å². The van der Waals surface area contributed by atoms with Gasteiger partial charge in [-0.05, 0) is 0 Å². The first-order valence-electron chi connectivity index (χ1n) is 2.55. The third kappa shape index (κ3) is 2.35. The molecule has 0 heterocycles. The topological polar surface area (TPSA) is 9.23 Å². The summed E-state index contributed by atoms with van der Waals surface area (Å²) in [6.45, 7) is 0. The molecule has 0 saturated carbocycles. The molecule has 0 aliphatic rings. The second kappa shape index (κ2) is 4.81. The molecule has 0 atom stereocenters. The predicted octanol–water partition coefficient (Wildman–Crippen LogP) is 1.63. The molecule has 1 rings (SSSR count). The van der Waals surface area contributed by atoms with E-state index in [-0.39, 0.29) is 44.3 Å². The Morgan fingerprint density at radius 2 is 2.30 bits per heavy atom. The molecular weight excluding hydrogens is 208 g/mol. The first-order chi connectivity index (χ1) is 4.34. The van der Waals surface area contributed by atoms with Crippen molar-refractivity contribution in [3.8, 4) is 5.75 Å². The van der Waals surface area contributed by atoms with Crippen LogP contribution in [0.4, 0.5) is 4.39 Å². The van der Waals surface area contributed by atoms with Gasteiger partial charge >= 0.3 is 0 Å². The second-order valence-corrected chi connectivity index (χ2v) is 1.55. The van der Waals surface area contributed by atoms with Crippen LogP contribution in [0, 0.1) is 11.9 Å². The van der Waals surface area contributed by atoms with Crippen LogP contribution in [0.25, 0.3) is 0 Å². The van der Waals surface area contributed by atoms with Gasteiger partial charge < -0.3 is 4.74 Å². The standard InChI is InChI=1S/C7H6FO.Y/c1-9-7-5-3-2-4-6(7)8;/h2-4H,1H3;/q-1;. The Bertz CT molecular complexity index is 203. The molecule has 1 aromatic carbocycles. The van der Waals surface area contributed by atoms with Gasteiger partial charge in [-0.25, -0.2) is 0 Å². The summed E-state index contributed by atoms with van der Waals surface area (Å²) in [7, 11) is 1.41. The number of benzene rings is 1. The summed E-state index contributed by atoms with van der Waals surface area (Å²) in [5.41, 5.74) is 0. The Morgan fingerprint density at radius 1 is 1.60 bits per heavy atom. The summed E-state index contributed by atoms with van der Waals surface area (Å²) >= 11 is 0. The minimum Gasteiger partial charge on any atom is -0.520 e. The maximum Gasteiger partial charge on any atom is 0.0745 e. The maximum absolute atomic E-state index is 12.4. The van der Waals surface area contributed by atoms with Gasteiger partial charge in [-0.15, -0.1) is 12.1 Å². The van der Waals surface area contributed by atoms with Crippen molar-refractivity contribution in [3.05, 3.63) is 30.1 Å². The normalized spacial score (nSPS) is 8.20. The monoisotopic (exact) mass is 214 g/mol. The zero-order valence-corrected chi connectivity index (χ0v) is 8.43. The number of para-hydroxylation sites is 1. The van der Waals surface area contributed by atoms with Gasteiger partial charge in [-0.1, -0.05) is 0 Å². The van der Waals surface area contributed by atoms with Crippen LogP contribution in [-0.4, -0.2) is 7.11 Å². The van der Waals surface area contributed by atoms with Crippen molar-refractivity contribution in [1.82, 2.24) is 0 Å². The van der Waals surface area contributed by atoms with Crippen LogP contribution in [0.15, 0.2) is 18.2 Å². The van der Waals surface area contributed by atoms with Crippen LogP contribution in [-0.2, 0) is 32.7 Å². The molecule has 0 saturated heterocycles. The molecule has 0 fully saturated rings. The molecule has 3 heteroatoms. The Morgan fingerprint density at radius 3 is 2.70 bits per heavy atom. The predicted molar refractivity (Wildman–Crippen MR) is 31.8 cm³/mol. The Hall–Kier alpha value is 0.0539. The van der Waals surface area contributed by atoms with Crippen molar-refractivity contribution >= 4 is 0 Å². The zero-order valence-electron chi connectivity index (χ0n) is 5.60. The van der Waals surface area contributed by atoms with Crippen molar-refractivity contribution in [1.29, 1.82) is 0 Å². The molecule has 0 spiro atoms. The number of halogens is 1. The van der Waals surface area contributed by atoms with Gasteiger partial charge in [0, 0.05) is 44.3 Å². The smallest absolute Gasteiger partial charge is 0.0745 e. The van der Waals surface area contributed by atoms with Crippen molar-refractivity contribution in [2.75, 3.05) is 7.11 Å². The minimum absolute atomic E-state index is 0. The van der Waals surface area contributed by atoms with Crippen molar-refractivity contribution in [3.63, 3.8) is 0 Å². The number of rotatable bonds is 1. The third-order valence-electron chi connectivity index (χ3n) is 0.974. The van der Waals surface area contributed by atoms with Crippen LogP contribution in [0.2, 0.25) is 0 Å². The van der Waals surface area contributed by atoms with E-state index in [1.54, 1.807) is 12.1 Å². The molecular formula is C7H6FOY-. The second-order valence-electron chi connectivity index (χ2n) is 1.55. The van der Waals surface area contributed by atoms with Gasteiger partial charge in [-0.3, -0.25) is 4.39 Å². The van der Waals surface area contributed by atoms with Crippen LogP contribution >= 0.6 is 0 Å². The van der Waals surface area contributed by atoms with Gasteiger partial charge in [0.1, 0.15) is 0 Å². The Balaban J connectivity index is 0.000000810. The fourth-order valence-corrected chi connectivity index (χ4v) is 0.557. The Kier molecular flexibility index (Phi) is 4.83. The fourth-order valence-electron chi connectivity index (χ4n) is 0.557. The average Bonchev–Trinajstić information content (AvgIpc) is 1.89. The van der Waals surface area contributed by atoms with Crippen LogP contribution in [0.3, 0.4) is 0 Å². The van der Waals surface area contributed by atoms with Gasteiger partial charge in [-0.2, -0.15) is 12.1 Å². The van der Waals surface area contributed by atoms with Gasteiger partial charge in [0.2, 0.25) is 0 Å². The van der Waals surface area contributed by atoms with Crippen molar-refractivity contribution < 1.29 is 41.8 Å². The SMILES string of the molecule is COc1[c-]cccc1F.[Y]. The Labute approximate surface area is 84.5 Å². The molecule has 1 aromatic rings. The van der Waals surface area contributed by atoms with E-state index < -0.39 is 0 Å². The van der Waals surface area contributed by atoms with Crippen molar-refractivity contribution in [2.24, 2.45) is 0 Å². The summed E-state index contributed by atoms with van der Waals surface area (Å²) in [6.07, 6.45) is 0. The molecule has 0 unspecified atom stereocenters. The summed E-state index contributed by atoms with van der Waals surface area (Å²) in [6, 6.07) is 7.08. The summed E-state index contributed by atoms with van der Waals surface area (Å²) in [5, 5.41) is 0. The molecule has 0 aliphatic heterocycles. The first kappa shape index (κ1) is 10.1. The number of ether oxygens (including phenoxy) is 1. The summed E-state index contributed by atoms with van der Waals surface area (Å²) in [5.74, 6) is -0.211. The van der Waals surface area contributed by atoms with Gasteiger partial charge in [0.05, 0.1) is 7.11 Å².